The normalized spacial score (nSPS) is 10.7. The predicted molar refractivity (Wildman–Crippen MR) is 131 cm³/mol. The van der Waals surface area contributed by atoms with Gasteiger partial charge in [-0.25, -0.2) is 9.37 Å². The van der Waals surface area contributed by atoms with Gasteiger partial charge in [-0.15, -0.1) is 0 Å². The SMILES string of the molecule is COc1ccc(Cn2c(SCC(=O)NNC(=O)c3ccccc3F)nc3ccccc3c2=O)cc1. The van der Waals surface area contributed by atoms with Gasteiger partial charge in [0.1, 0.15) is 11.6 Å². The smallest absolute Gasteiger partial charge is 0.272 e. The Balaban J connectivity index is 1.50. The van der Waals surface area contributed by atoms with Crippen LogP contribution in [0.2, 0.25) is 0 Å². The molecule has 0 fully saturated rings. The number of hydrogen-bond donors (Lipinski definition) is 2. The van der Waals surface area contributed by atoms with Gasteiger partial charge < -0.3 is 4.74 Å². The third-order valence-electron chi connectivity index (χ3n) is 5.09. The number of hydrazine groups is 1. The van der Waals surface area contributed by atoms with E-state index in [0.29, 0.717) is 21.8 Å². The van der Waals surface area contributed by atoms with Crippen molar-refractivity contribution in [1.29, 1.82) is 0 Å². The van der Waals surface area contributed by atoms with Gasteiger partial charge in [0.15, 0.2) is 5.16 Å². The summed E-state index contributed by atoms with van der Waals surface area (Å²) in [5.41, 5.74) is 5.39. The first-order valence-electron chi connectivity index (χ1n) is 10.6. The quantitative estimate of drug-likeness (QED) is 0.234. The number of rotatable bonds is 7. The Morgan fingerprint density at radius 3 is 2.46 bits per heavy atom. The molecular weight excluding hydrogens is 471 g/mol. The zero-order valence-corrected chi connectivity index (χ0v) is 19.5. The monoisotopic (exact) mass is 492 g/mol. The molecule has 0 radical (unpaired) electrons. The molecule has 4 aromatic rings. The van der Waals surface area contributed by atoms with Gasteiger partial charge >= 0.3 is 0 Å². The number of halogens is 1. The van der Waals surface area contributed by atoms with E-state index in [1.165, 1.54) is 22.8 Å². The molecule has 2 amide bonds. The molecular formula is C25H21FN4O4S. The van der Waals surface area contributed by atoms with E-state index in [9.17, 15) is 18.8 Å². The molecule has 0 saturated carbocycles. The fourth-order valence-corrected chi connectivity index (χ4v) is 4.11. The molecule has 0 aliphatic rings. The zero-order chi connectivity index (χ0) is 24.8. The van der Waals surface area contributed by atoms with Gasteiger partial charge in [0, 0.05) is 0 Å². The zero-order valence-electron chi connectivity index (χ0n) is 18.7. The molecule has 1 heterocycles. The van der Waals surface area contributed by atoms with Gasteiger partial charge in [0.25, 0.3) is 11.5 Å². The molecule has 8 nitrogen and oxygen atoms in total. The van der Waals surface area contributed by atoms with Crippen LogP contribution in [0.1, 0.15) is 15.9 Å². The topological polar surface area (TPSA) is 102 Å². The minimum Gasteiger partial charge on any atom is -0.497 e. The Morgan fingerprint density at radius 2 is 1.71 bits per heavy atom. The van der Waals surface area contributed by atoms with Gasteiger partial charge in [-0.1, -0.05) is 48.2 Å². The number of nitrogens with zero attached hydrogens (tertiary/aromatic N) is 2. The van der Waals surface area contributed by atoms with Crippen LogP contribution in [0.5, 0.6) is 5.75 Å². The number of benzene rings is 3. The van der Waals surface area contributed by atoms with Gasteiger partial charge in [0.2, 0.25) is 5.91 Å². The van der Waals surface area contributed by atoms with Crippen LogP contribution in [0, 0.1) is 5.82 Å². The minimum absolute atomic E-state index is 0.134. The molecule has 2 N–H and O–H groups in total. The molecule has 35 heavy (non-hydrogen) atoms. The van der Waals surface area contributed by atoms with Crippen molar-refractivity contribution in [2.75, 3.05) is 12.9 Å². The Bertz CT molecular complexity index is 1440. The number of hydrogen-bond acceptors (Lipinski definition) is 6. The first kappa shape index (κ1) is 24.0. The number of nitrogens with one attached hydrogen (secondary N) is 2. The van der Waals surface area contributed by atoms with Gasteiger partial charge in [-0.2, -0.15) is 0 Å². The molecule has 10 heteroatoms. The molecule has 0 saturated heterocycles. The van der Waals surface area contributed by atoms with E-state index < -0.39 is 17.6 Å². The summed E-state index contributed by atoms with van der Waals surface area (Å²) in [5.74, 6) is -1.46. The number of aromatic nitrogens is 2. The van der Waals surface area contributed by atoms with Gasteiger partial charge in [-0.05, 0) is 42.0 Å². The summed E-state index contributed by atoms with van der Waals surface area (Å²) in [4.78, 5) is 42.2. The highest BCUT2D eigenvalue weighted by molar-refractivity contribution is 7.99. The van der Waals surface area contributed by atoms with Crippen LogP contribution in [0.3, 0.4) is 0 Å². The van der Waals surface area contributed by atoms with E-state index in [2.05, 4.69) is 15.8 Å². The van der Waals surface area contributed by atoms with E-state index in [-0.39, 0.29) is 23.4 Å². The lowest BCUT2D eigenvalue weighted by atomic mass is 10.2. The Kier molecular flexibility index (Phi) is 7.41. The van der Waals surface area contributed by atoms with Crippen LogP contribution in [0.4, 0.5) is 4.39 Å². The van der Waals surface area contributed by atoms with Crippen molar-refractivity contribution in [1.82, 2.24) is 20.4 Å². The number of amides is 2. The van der Waals surface area contributed by atoms with Crippen LogP contribution >= 0.6 is 11.8 Å². The average molecular weight is 493 g/mol. The fraction of sp³-hybridized carbons (Fsp3) is 0.120. The third kappa shape index (κ3) is 5.67. The summed E-state index contributed by atoms with van der Waals surface area (Å²) in [5, 5.41) is 0.812. The number of para-hydroxylation sites is 1. The number of carbonyl (C=O) groups excluding carboxylic acids is 2. The van der Waals surface area contributed by atoms with E-state index in [1.54, 1.807) is 43.5 Å². The second-order valence-corrected chi connectivity index (χ2v) is 8.36. The maximum atomic E-state index is 13.7. The lowest BCUT2D eigenvalue weighted by molar-refractivity contribution is -0.119. The van der Waals surface area contributed by atoms with Crippen LogP contribution < -0.4 is 21.1 Å². The van der Waals surface area contributed by atoms with Crippen LogP contribution in [-0.2, 0) is 11.3 Å². The molecule has 0 atom stereocenters. The van der Waals surface area contributed by atoms with Gasteiger partial charge in [0.05, 0.1) is 35.9 Å². The van der Waals surface area contributed by atoms with E-state index in [4.69, 9.17) is 4.74 Å². The van der Waals surface area contributed by atoms with E-state index >= 15 is 0 Å². The highest BCUT2D eigenvalue weighted by Gasteiger charge is 2.15. The maximum absolute atomic E-state index is 13.7. The molecule has 0 aliphatic carbocycles. The van der Waals surface area contributed by atoms with E-state index in [1.807, 2.05) is 12.1 Å². The van der Waals surface area contributed by atoms with Crippen molar-refractivity contribution in [3.05, 3.63) is 100 Å². The molecule has 178 valence electrons. The number of fused-ring (bicyclic) bond motifs is 1. The third-order valence-corrected chi connectivity index (χ3v) is 6.07. The highest BCUT2D eigenvalue weighted by atomic mass is 32.2. The van der Waals surface area contributed by atoms with Crippen molar-refractivity contribution in [2.45, 2.75) is 11.7 Å². The lowest BCUT2D eigenvalue weighted by Crippen LogP contribution is -2.42. The van der Waals surface area contributed by atoms with Crippen molar-refractivity contribution in [3.8, 4) is 5.75 Å². The summed E-state index contributed by atoms with van der Waals surface area (Å²) in [6.45, 7) is 0.245. The minimum atomic E-state index is -0.776. The lowest BCUT2D eigenvalue weighted by Gasteiger charge is -2.14. The summed E-state index contributed by atoms with van der Waals surface area (Å²) >= 11 is 1.05. The number of ether oxygens (including phenoxy) is 1. The Morgan fingerprint density at radius 1 is 1.00 bits per heavy atom. The first-order valence-corrected chi connectivity index (χ1v) is 11.5. The maximum Gasteiger partial charge on any atom is 0.272 e. The summed E-state index contributed by atoms with van der Waals surface area (Å²) in [6, 6.07) is 19.7. The van der Waals surface area contributed by atoms with Crippen LogP contribution in [-0.4, -0.2) is 34.2 Å². The van der Waals surface area contributed by atoms with Crippen molar-refractivity contribution in [2.24, 2.45) is 0 Å². The standard InChI is InChI=1S/C25H21FN4O4S/c1-34-17-12-10-16(11-13-17)14-30-24(33)19-7-3-5-9-21(19)27-25(30)35-15-22(31)28-29-23(32)18-6-2-4-8-20(18)26/h2-13H,14-15H2,1H3,(H,28,31)(H,29,32). The molecule has 0 spiro atoms. The summed E-state index contributed by atoms with van der Waals surface area (Å²) in [6.07, 6.45) is 0. The summed E-state index contributed by atoms with van der Waals surface area (Å²) in [7, 11) is 1.57. The highest BCUT2D eigenvalue weighted by Crippen LogP contribution is 2.20. The van der Waals surface area contributed by atoms with E-state index in [0.717, 1.165) is 23.4 Å². The molecule has 4 rings (SSSR count). The molecule has 0 bridgehead atoms. The Labute approximate surface area is 204 Å². The Hall–Kier alpha value is -4.18. The van der Waals surface area contributed by atoms with Crippen molar-refractivity contribution in [3.63, 3.8) is 0 Å². The van der Waals surface area contributed by atoms with Crippen LogP contribution in [0.25, 0.3) is 10.9 Å². The largest absolute Gasteiger partial charge is 0.497 e. The first-order chi connectivity index (χ1) is 17.0. The second-order valence-electron chi connectivity index (χ2n) is 7.42. The molecule has 0 unspecified atom stereocenters. The number of thioether (sulfide) groups is 1. The number of methoxy groups -OCH3 is 1. The predicted octanol–water partition coefficient (Wildman–Crippen LogP) is 3.15. The number of carbonyl (C=O) groups is 2. The van der Waals surface area contributed by atoms with Crippen molar-refractivity contribution >= 4 is 34.5 Å². The molecule has 3 aromatic carbocycles. The fourth-order valence-electron chi connectivity index (χ4n) is 3.32. The summed E-state index contributed by atoms with van der Waals surface area (Å²) < 4.78 is 20.4. The van der Waals surface area contributed by atoms with Crippen molar-refractivity contribution < 1.29 is 18.7 Å². The molecule has 0 aliphatic heterocycles. The second kappa shape index (κ2) is 10.8. The average Bonchev–Trinajstić information content (AvgIpc) is 2.88. The van der Waals surface area contributed by atoms with Crippen LogP contribution in [0.15, 0.2) is 82.7 Å². The van der Waals surface area contributed by atoms with Gasteiger partial charge in [-0.3, -0.25) is 29.8 Å². The molecule has 1 aromatic heterocycles.